The van der Waals surface area contributed by atoms with Crippen molar-refractivity contribution in [3.05, 3.63) is 95.6 Å². The Morgan fingerprint density at radius 2 is 1.39 bits per heavy atom. The summed E-state index contributed by atoms with van der Waals surface area (Å²) in [5.41, 5.74) is 1.22. The van der Waals surface area contributed by atoms with E-state index in [1.54, 1.807) is 62.6 Å². The molecule has 1 heterocycles. The number of nitrogens with one attached hydrogen (secondary N) is 3. The molecular formula is C33H37N3O8. The Labute approximate surface area is 255 Å². The topological polar surface area (TPSA) is 156 Å². The van der Waals surface area contributed by atoms with E-state index < -0.39 is 41.6 Å². The normalized spacial score (nSPS) is 17.3. The summed E-state index contributed by atoms with van der Waals surface area (Å²) in [5.74, 6) is -0.803. The molecule has 0 aromatic heterocycles. The highest BCUT2D eigenvalue weighted by molar-refractivity contribution is 5.98. The average molecular weight is 604 g/mol. The van der Waals surface area contributed by atoms with Crippen LogP contribution in [0.2, 0.25) is 0 Å². The van der Waals surface area contributed by atoms with Crippen LogP contribution >= 0.6 is 0 Å². The number of aromatic hydroxyl groups is 1. The minimum atomic E-state index is -1.09. The predicted octanol–water partition coefficient (Wildman–Crippen LogP) is 2.83. The number of ether oxygens (including phenoxy) is 3. The van der Waals surface area contributed by atoms with E-state index in [9.17, 15) is 24.3 Å². The van der Waals surface area contributed by atoms with Crippen molar-refractivity contribution in [3.8, 4) is 11.5 Å². The highest BCUT2D eigenvalue weighted by atomic mass is 16.6. The van der Waals surface area contributed by atoms with Gasteiger partial charge in [-0.15, -0.1) is 0 Å². The van der Waals surface area contributed by atoms with Crippen LogP contribution in [0.3, 0.4) is 0 Å². The van der Waals surface area contributed by atoms with Gasteiger partial charge in [-0.3, -0.25) is 14.4 Å². The van der Waals surface area contributed by atoms with Gasteiger partial charge in [-0.25, -0.2) is 4.79 Å². The monoisotopic (exact) mass is 603 g/mol. The molecule has 1 aliphatic rings. The fraction of sp³-hybridized carbons (Fsp3) is 0.333. The van der Waals surface area contributed by atoms with Crippen LogP contribution in [0.5, 0.6) is 11.5 Å². The standard InChI is InChI=1S/C33H37N3O8/c1-21(34-32(41)43-19-24-7-5-4-6-8-24)30(39)36-28(18-23-11-15-26(42-3)16-12-23)31(40)35-27(29(38)33(2)20-44-33)17-22-9-13-25(37)14-10-22/h4-16,21,27-28,37H,17-20H2,1-3H3,(H,34,41)(H,35,40)(H,36,39)/t21-,27+,28+,33+/m1/s1. The summed E-state index contributed by atoms with van der Waals surface area (Å²) in [4.78, 5) is 52.6. The van der Waals surface area contributed by atoms with Gasteiger partial charge in [-0.1, -0.05) is 54.6 Å². The minimum absolute atomic E-state index is 0.0304. The van der Waals surface area contributed by atoms with Crippen molar-refractivity contribution < 1.29 is 38.5 Å². The van der Waals surface area contributed by atoms with Gasteiger partial charge in [0.1, 0.15) is 35.8 Å². The van der Waals surface area contributed by atoms with Crippen molar-refractivity contribution in [2.45, 2.75) is 57.0 Å². The number of hydrogen-bond acceptors (Lipinski definition) is 8. The first kappa shape index (κ1) is 32.0. The van der Waals surface area contributed by atoms with Crippen LogP contribution in [0, 0.1) is 0 Å². The van der Waals surface area contributed by atoms with Crippen molar-refractivity contribution in [1.82, 2.24) is 16.0 Å². The Morgan fingerprint density at radius 1 is 0.818 bits per heavy atom. The van der Waals surface area contributed by atoms with E-state index in [-0.39, 0.29) is 37.6 Å². The number of phenolic OH excluding ortho intramolecular Hbond substituents is 1. The first-order chi connectivity index (χ1) is 21.1. The summed E-state index contributed by atoms with van der Waals surface area (Å²) in [5, 5.41) is 17.7. The third kappa shape index (κ3) is 9.05. The molecule has 4 atom stereocenters. The molecule has 1 saturated heterocycles. The molecule has 3 amide bonds. The van der Waals surface area contributed by atoms with Crippen LogP contribution in [0.4, 0.5) is 4.79 Å². The van der Waals surface area contributed by atoms with E-state index in [2.05, 4.69) is 16.0 Å². The summed E-state index contributed by atoms with van der Waals surface area (Å²) in [6.07, 6.45) is -0.538. The summed E-state index contributed by atoms with van der Waals surface area (Å²) >= 11 is 0. The Morgan fingerprint density at radius 3 is 1.98 bits per heavy atom. The van der Waals surface area contributed by atoms with Crippen molar-refractivity contribution in [3.63, 3.8) is 0 Å². The fourth-order valence-corrected chi connectivity index (χ4v) is 4.48. The number of phenols is 1. The Kier molecular flexibility index (Phi) is 10.6. The van der Waals surface area contributed by atoms with E-state index in [1.165, 1.54) is 19.1 Å². The number of benzene rings is 3. The van der Waals surface area contributed by atoms with Crippen LogP contribution in [0.1, 0.15) is 30.5 Å². The Bertz CT molecular complexity index is 1440. The third-order valence-electron chi connectivity index (χ3n) is 7.28. The summed E-state index contributed by atoms with van der Waals surface area (Å²) in [6, 6.07) is 19.4. The first-order valence-electron chi connectivity index (χ1n) is 14.2. The van der Waals surface area contributed by atoms with Crippen LogP contribution in [-0.4, -0.2) is 66.2 Å². The number of methoxy groups -OCH3 is 1. The maximum atomic E-state index is 13.7. The second-order valence-electron chi connectivity index (χ2n) is 10.9. The number of rotatable bonds is 14. The van der Waals surface area contributed by atoms with Crippen molar-refractivity contribution >= 4 is 23.7 Å². The van der Waals surface area contributed by atoms with E-state index in [1.807, 2.05) is 18.2 Å². The lowest BCUT2D eigenvalue weighted by atomic mass is 9.94. The minimum Gasteiger partial charge on any atom is -0.508 e. The molecule has 0 unspecified atom stereocenters. The second-order valence-corrected chi connectivity index (χ2v) is 10.9. The van der Waals surface area contributed by atoms with Gasteiger partial charge in [0, 0.05) is 6.42 Å². The molecule has 0 radical (unpaired) electrons. The molecule has 3 aromatic rings. The van der Waals surface area contributed by atoms with Crippen LogP contribution in [0.15, 0.2) is 78.9 Å². The molecule has 0 aliphatic carbocycles. The highest BCUT2D eigenvalue weighted by Gasteiger charge is 2.50. The first-order valence-corrected chi connectivity index (χ1v) is 14.2. The van der Waals surface area contributed by atoms with Gasteiger partial charge < -0.3 is 35.3 Å². The molecule has 3 aromatic carbocycles. The summed E-state index contributed by atoms with van der Waals surface area (Å²) in [6.45, 7) is 3.40. The molecule has 44 heavy (non-hydrogen) atoms. The smallest absolute Gasteiger partial charge is 0.408 e. The molecule has 0 saturated carbocycles. The van der Waals surface area contributed by atoms with Gasteiger partial charge in [-0.05, 0) is 61.2 Å². The Hall–Kier alpha value is -4.90. The predicted molar refractivity (Wildman–Crippen MR) is 161 cm³/mol. The lowest BCUT2D eigenvalue weighted by Crippen LogP contribution is -2.57. The molecule has 1 fully saturated rings. The largest absolute Gasteiger partial charge is 0.508 e. The van der Waals surface area contributed by atoms with E-state index >= 15 is 0 Å². The number of ketones is 1. The molecule has 11 heteroatoms. The van der Waals surface area contributed by atoms with E-state index in [4.69, 9.17) is 14.2 Å². The van der Waals surface area contributed by atoms with E-state index in [0.29, 0.717) is 11.3 Å². The maximum absolute atomic E-state index is 13.7. The number of carbonyl (C=O) groups excluding carboxylic acids is 4. The number of carbonyl (C=O) groups is 4. The van der Waals surface area contributed by atoms with Crippen molar-refractivity contribution in [2.75, 3.05) is 13.7 Å². The molecular weight excluding hydrogens is 566 g/mol. The SMILES string of the molecule is COc1ccc(C[C@H](NC(=O)[C@@H](C)NC(=O)OCc2ccccc2)C(=O)N[C@@H](Cc2ccc(O)cc2)C(=O)[C@]2(C)CO2)cc1. The van der Waals surface area contributed by atoms with Gasteiger partial charge in [0.15, 0.2) is 5.78 Å². The maximum Gasteiger partial charge on any atom is 0.408 e. The van der Waals surface area contributed by atoms with Gasteiger partial charge in [0.05, 0.1) is 19.8 Å². The number of epoxide rings is 1. The zero-order valence-electron chi connectivity index (χ0n) is 24.9. The Balaban J connectivity index is 1.46. The highest BCUT2D eigenvalue weighted by Crippen LogP contribution is 2.29. The van der Waals surface area contributed by atoms with Gasteiger partial charge in [0.2, 0.25) is 11.8 Å². The quantitative estimate of drug-likeness (QED) is 0.205. The van der Waals surface area contributed by atoms with Crippen LogP contribution in [0.25, 0.3) is 0 Å². The second kappa shape index (κ2) is 14.5. The number of Topliss-reactive ketones (excluding diaryl/α,β-unsaturated/α-hetero) is 1. The summed E-state index contributed by atoms with van der Waals surface area (Å²) < 4.78 is 15.8. The van der Waals surface area contributed by atoms with Crippen LogP contribution in [-0.2, 0) is 43.3 Å². The molecule has 0 bridgehead atoms. The molecule has 4 N–H and O–H groups in total. The fourth-order valence-electron chi connectivity index (χ4n) is 4.48. The number of alkyl carbamates (subject to hydrolysis) is 1. The average Bonchev–Trinajstić information content (AvgIpc) is 3.79. The molecule has 1 aliphatic heterocycles. The van der Waals surface area contributed by atoms with Gasteiger partial charge in [0.25, 0.3) is 0 Å². The number of amides is 3. The van der Waals surface area contributed by atoms with Gasteiger partial charge >= 0.3 is 6.09 Å². The molecule has 232 valence electrons. The lowest BCUT2D eigenvalue weighted by Gasteiger charge is -2.25. The zero-order chi connectivity index (χ0) is 31.7. The summed E-state index contributed by atoms with van der Waals surface area (Å²) in [7, 11) is 1.54. The molecule has 11 nitrogen and oxygen atoms in total. The van der Waals surface area contributed by atoms with Gasteiger partial charge in [-0.2, -0.15) is 0 Å². The van der Waals surface area contributed by atoms with Crippen LogP contribution < -0.4 is 20.7 Å². The third-order valence-corrected chi connectivity index (χ3v) is 7.28. The lowest BCUT2D eigenvalue weighted by molar-refractivity contribution is -0.133. The van der Waals surface area contributed by atoms with E-state index in [0.717, 1.165) is 11.1 Å². The number of hydrogen-bond donors (Lipinski definition) is 4. The van der Waals surface area contributed by atoms with Crippen molar-refractivity contribution in [1.29, 1.82) is 0 Å². The zero-order valence-corrected chi connectivity index (χ0v) is 24.9. The molecule has 0 spiro atoms. The molecule has 4 rings (SSSR count). The van der Waals surface area contributed by atoms with Crippen molar-refractivity contribution in [2.24, 2.45) is 0 Å².